The molecule has 0 aromatic heterocycles. The molecule has 0 aliphatic carbocycles. The van der Waals surface area contributed by atoms with Crippen molar-refractivity contribution in [3.8, 4) is 0 Å². The van der Waals surface area contributed by atoms with Gasteiger partial charge in [-0.05, 0) is 6.42 Å². The zero-order chi connectivity index (χ0) is 10.6. The molecule has 14 heavy (non-hydrogen) atoms. The zero-order valence-corrected chi connectivity index (χ0v) is 9.93. The summed E-state index contributed by atoms with van der Waals surface area (Å²) in [6, 6.07) is 0. The quantitative estimate of drug-likeness (QED) is 0.349. The standard InChI is InChI=1S/C11H23ClO2/c1-2-3-4-5-6-7-10-14-11(13)8-9-12/h11,13H,2-10H2,1H3. The maximum Gasteiger partial charge on any atom is 0.155 e. The van der Waals surface area contributed by atoms with Crippen LogP contribution in [-0.2, 0) is 4.74 Å². The molecular formula is C11H23ClO2. The van der Waals surface area contributed by atoms with Crippen molar-refractivity contribution in [3.05, 3.63) is 0 Å². The van der Waals surface area contributed by atoms with Gasteiger partial charge in [0, 0.05) is 18.9 Å². The second-order valence-corrected chi connectivity index (χ2v) is 3.95. The number of aliphatic hydroxyl groups excluding tert-OH is 1. The van der Waals surface area contributed by atoms with Crippen LogP contribution in [0.15, 0.2) is 0 Å². The van der Waals surface area contributed by atoms with Crippen molar-refractivity contribution in [1.29, 1.82) is 0 Å². The molecule has 86 valence electrons. The topological polar surface area (TPSA) is 29.5 Å². The molecule has 0 aromatic carbocycles. The summed E-state index contributed by atoms with van der Waals surface area (Å²) in [5.41, 5.74) is 0. The molecule has 0 spiro atoms. The van der Waals surface area contributed by atoms with Crippen LogP contribution in [0.5, 0.6) is 0 Å². The van der Waals surface area contributed by atoms with E-state index < -0.39 is 6.29 Å². The Labute approximate surface area is 92.6 Å². The van der Waals surface area contributed by atoms with Crippen molar-refractivity contribution in [1.82, 2.24) is 0 Å². The average molecular weight is 223 g/mol. The van der Waals surface area contributed by atoms with E-state index in [1.165, 1.54) is 32.1 Å². The highest BCUT2D eigenvalue weighted by molar-refractivity contribution is 6.17. The number of hydrogen-bond acceptors (Lipinski definition) is 2. The van der Waals surface area contributed by atoms with Gasteiger partial charge in [-0.25, -0.2) is 0 Å². The predicted molar refractivity (Wildman–Crippen MR) is 60.7 cm³/mol. The van der Waals surface area contributed by atoms with Gasteiger partial charge in [-0.2, -0.15) is 0 Å². The first-order chi connectivity index (χ1) is 6.81. The van der Waals surface area contributed by atoms with Crippen LogP contribution < -0.4 is 0 Å². The lowest BCUT2D eigenvalue weighted by atomic mass is 10.1. The number of alkyl halides is 1. The molecule has 1 atom stereocenters. The monoisotopic (exact) mass is 222 g/mol. The second kappa shape index (κ2) is 11.3. The molecule has 0 aliphatic heterocycles. The molecule has 1 unspecified atom stereocenters. The Balaban J connectivity index is 2.98. The maximum absolute atomic E-state index is 9.18. The lowest BCUT2D eigenvalue weighted by molar-refractivity contribution is -0.100. The molecule has 0 aromatic rings. The van der Waals surface area contributed by atoms with Gasteiger partial charge in [0.15, 0.2) is 6.29 Å². The molecule has 3 heteroatoms. The van der Waals surface area contributed by atoms with Gasteiger partial charge in [0.1, 0.15) is 0 Å². The van der Waals surface area contributed by atoms with Crippen LogP contribution in [0.4, 0.5) is 0 Å². The largest absolute Gasteiger partial charge is 0.368 e. The third-order valence-corrected chi connectivity index (χ3v) is 2.38. The van der Waals surface area contributed by atoms with E-state index in [9.17, 15) is 5.11 Å². The van der Waals surface area contributed by atoms with Gasteiger partial charge in [-0.3, -0.25) is 0 Å². The van der Waals surface area contributed by atoms with E-state index in [1.807, 2.05) is 0 Å². The summed E-state index contributed by atoms with van der Waals surface area (Å²) >= 11 is 5.45. The molecule has 2 nitrogen and oxygen atoms in total. The minimum absolute atomic E-state index is 0.456. The predicted octanol–water partition coefficient (Wildman–Crippen LogP) is 3.31. The lowest BCUT2D eigenvalue weighted by Crippen LogP contribution is -2.13. The fraction of sp³-hybridized carbons (Fsp3) is 1.00. The van der Waals surface area contributed by atoms with E-state index in [4.69, 9.17) is 16.3 Å². The summed E-state index contributed by atoms with van der Waals surface area (Å²) in [6.45, 7) is 2.87. The Kier molecular flexibility index (Phi) is 11.5. The van der Waals surface area contributed by atoms with Crippen LogP contribution >= 0.6 is 11.6 Å². The molecule has 0 bridgehead atoms. The molecule has 0 aliphatic rings. The van der Waals surface area contributed by atoms with Gasteiger partial charge < -0.3 is 9.84 Å². The molecule has 0 saturated carbocycles. The molecule has 0 heterocycles. The smallest absolute Gasteiger partial charge is 0.155 e. The lowest BCUT2D eigenvalue weighted by Gasteiger charge is -2.09. The molecular weight excluding hydrogens is 200 g/mol. The number of hydrogen-bond donors (Lipinski definition) is 1. The summed E-state index contributed by atoms with van der Waals surface area (Å²) in [4.78, 5) is 0. The third kappa shape index (κ3) is 10.3. The fourth-order valence-corrected chi connectivity index (χ4v) is 1.47. The van der Waals surface area contributed by atoms with Crippen molar-refractivity contribution in [2.45, 2.75) is 58.2 Å². The molecule has 0 rings (SSSR count). The fourth-order valence-electron chi connectivity index (χ4n) is 1.28. The van der Waals surface area contributed by atoms with Gasteiger partial charge in [0.05, 0.1) is 0 Å². The summed E-state index contributed by atoms with van der Waals surface area (Å²) in [5.74, 6) is 0.456. The van der Waals surface area contributed by atoms with Crippen molar-refractivity contribution in [2.75, 3.05) is 12.5 Å². The van der Waals surface area contributed by atoms with E-state index in [2.05, 4.69) is 6.92 Å². The molecule has 0 saturated heterocycles. The van der Waals surface area contributed by atoms with Crippen molar-refractivity contribution in [2.24, 2.45) is 0 Å². The molecule has 0 amide bonds. The van der Waals surface area contributed by atoms with E-state index in [-0.39, 0.29) is 0 Å². The van der Waals surface area contributed by atoms with E-state index in [0.29, 0.717) is 18.9 Å². The Hall–Kier alpha value is 0.210. The Morgan fingerprint density at radius 3 is 2.43 bits per heavy atom. The van der Waals surface area contributed by atoms with Crippen molar-refractivity contribution >= 4 is 11.6 Å². The van der Waals surface area contributed by atoms with Gasteiger partial charge in [-0.1, -0.05) is 39.0 Å². The minimum Gasteiger partial charge on any atom is -0.368 e. The minimum atomic E-state index is -0.664. The van der Waals surface area contributed by atoms with Gasteiger partial charge in [-0.15, -0.1) is 11.6 Å². The van der Waals surface area contributed by atoms with E-state index in [0.717, 1.165) is 6.42 Å². The van der Waals surface area contributed by atoms with E-state index in [1.54, 1.807) is 0 Å². The number of rotatable bonds is 10. The van der Waals surface area contributed by atoms with Gasteiger partial charge in [0.2, 0.25) is 0 Å². The first-order valence-electron chi connectivity index (χ1n) is 5.67. The molecule has 1 N–H and O–H groups in total. The summed E-state index contributed by atoms with van der Waals surface area (Å²) < 4.78 is 5.16. The third-order valence-electron chi connectivity index (χ3n) is 2.16. The summed E-state index contributed by atoms with van der Waals surface area (Å²) in [6.07, 6.45) is 7.32. The Morgan fingerprint density at radius 1 is 1.14 bits per heavy atom. The second-order valence-electron chi connectivity index (χ2n) is 3.57. The van der Waals surface area contributed by atoms with Gasteiger partial charge in [0.25, 0.3) is 0 Å². The molecule has 0 fully saturated rings. The van der Waals surface area contributed by atoms with Crippen LogP contribution in [-0.4, -0.2) is 23.9 Å². The number of ether oxygens (including phenoxy) is 1. The normalized spacial score (nSPS) is 13.1. The Morgan fingerprint density at radius 2 is 1.79 bits per heavy atom. The first-order valence-corrected chi connectivity index (χ1v) is 6.20. The highest BCUT2D eigenvalue weighted by Gasteiger charge is 2.01. The van der Waals surface area contributed by atoms with Crippen LogP contribution in [0.1, 0.15) is 51.9 Å². The summed E-state index contributed by atoms with van der Waals surface area (Å²) in [7, 11) is 0. The average Bonchev–Trinajstić information content (AvgIpc) is 2.17. The number of unbranched alkanes of at least 4 members (excludes halogenated alkanes) is 5. The van der Waals surface area contributed by atoms with E-state index >= 15 is 0 Å². The molecule has 0 radical (unpaired) electrons. The first kappa shape index (κ1) is 14.2. The number of halogens is 1. The number of aliphatic hydroxyl groups is 1. The van der Waals surface area contributed by atoms with Crippen molar-refractivity contribution in [3.63, 3.8) is 0 Å². The van der Waals surface area contributed by atoms with Crippen LogP contribution in [0.2, 0.25) is 0 Å². The van der Waals surface area contributed by atoms with Crippen LogP contribution in [0, 0.1) is 0 Å². The van der Waals surface area contributed by atoms with Crippen LogP contribution in [0.3, 0.4) is 0 Å². The Bertz CT molecular complexity index is 109. The maximum atomic E-state index is 9.18. The SMILES string of the molecule is CCCCCCCCOC(O)CCCl. The zero-order valence-electron chi connectivity index (χ0n) is 9.17. The van der Waals surface area contributed by atoms with Crippen LogP contribution in [0.25, 0.3) is 0 Å². The summed E-state index contributed by atoms with van der Waals surface area (Å²) in [5, 5.41) is 9.18. The van der Waals surface area contributed by atoms with Gasteiger partial charge >= 0.3 is 0 Å². The highest BCUT2D eigenvalue weighted by atomic mass is 35.5. The van der Waals surface area contributed by atoms with Crippen molar-refractivity contribution < 1.29 is 9.84 Å². The highest BCUT2D eigenvalue weighted by Crippen LogP contribution is 2.06.